The molecule has 1 rings (SSSR count). The topological polar surface area (TPSA) is 60.8 Å². The zero-order chi connectivity index (χ0) is 13.5. The molecule has 1 unspecified atom stereocenters. The Hall–Kier alpha value is -1.55. The normalized spacial score (nSPS) is 12.6. The molecule has 0 aromatic heterocycles. The fourth-order valence-corrected chi connectivity index (χ4v) is 2.04. The van der Waals surface area contributed by atoms with Crippen molar-refractivity contribution in [2.75, 3.05) is 13.1 Å². The number of aromatic hydroxyl groups is 1. The van der Waals surface area contributed by atoms with Gasteiger partial charge >= 0.3 is 5.97 Å². The number of carboxylic acid groups (broad SMARTS) is 1. The summed E-state index contributed by atoms with van der Waals surface area (Å²) in [6.07, 6.45) is 2.00. The van der Waals surface area contributed by atoms with Gasteiger partial charge in [-0.1, -0.05) is 32.4 Å². The molecule has 4 heteroatoms. The highest BCUT2D eigenvalue weighted by atomic mass is 16.4. The van der Waals surface area contributed by atoms with Gasteiger partial charge in [0.1, 0.15) is 11.8 Å². The summed E-state index contributed by atoms with van der Waals surface area (Å²) < 4.78 is 0. The largest absolute Gasteiger partial charge is 0.508 e. The van der Waals surface area contributed by atoms with Gasteiger partial charge in [0.15, 0.2) is 0 Å². The molecule has 0 bridgehead atoms. The summed E-state index contributed by atoms with van der Waals surface area (Å²) in [5, 5.41) is 18.9. The van der Waals surface area contributed by atoms with E-state index < -0.39 is 12.0 Å². The van der Waals surface area contributed by atoms with E-state index in [0.29, 0.717) is 12.1 Å². The van der Waals surface area contributed by atoms with E-state index in [9.17, 15) is 15.0 Å². The van der Waals surface area contributed by atoms with Crippen LogP contribution >= 0.6 is 0 Å². The monoisotopic (exact) mass is 251 g/mol. The van der Waals surface area contributed by atoms with Crippen LogP contribution in [-0.2, 0) is 4.79 Å². The van der Waals surface area contributed by atoms with Gasteiger partial charge in [0, 0.05) is 0 Å². The smallest absolute Gasteiger partial charge is 0.325 e. The second-order valence-corrected chi connectivity index (χ2v) is 4.32. The average Bonchev–Trinajstić information content (AvgIpc) is 2.33. The molecule has 0 heterocycles. The zero-order valence-electron chi connectivity index (χ0n) is 11.0. The van der Waals surface area contributed by atoms with Gasteiger partial charge in [0.05, 0.1) is 0 Å². The Balaban J connectivity index is 2.97. The molecule has 0 amide bonds. The van der Waals surface area contributed by atoms with Crippen LogP contribution in [-0.4, -0.2) is 34.2 Å². The SMILES string of the molecule is CCCCN(CC)C(C(=O)O)c1cccc(O)c1. The lowest BCUT2D eigenvalue weighted by molar-refractivity contribution is -0.143. The Labute approximate surface area is 108 Å². The van der Waals surface area contributed by atoms with Crippen molar-refractivity contribution in [2.24, 2.45) is 0 Å². The van der Waals surface area contributed by atoms with Gasteiger partial charge in [-0.15, -0.1) is 0 Å². The van der Waals surface area contributed by atoms with Crippen molar-refractivity contribution in [2.45, 2.75) is 32.7 Å². The first kappa shape index (κ1) is 14.5. The first-order chi connectivity index (χ1) is 8.60. The van der Waals surface area contributed by atoms with Crippen molar-refractivity contribution >= 4 is 5.97 Å². The van der Waals surface area contributed by atoms with Crippen LogP contribution in [0.1, 0.15) is 38.3 Å². The summed E-state index contributed by atoms with van der Waals surface area (Å²) in [5.41, 5.74) is 0.625. The number of phenolic OH excluding ortho intramolecular Hbond substituents is 1. The summed E-state index contributed by atoms with van der Waals surface area (Å²) in [5.74, 6) is -0.774. The third kappa shape index (κ3) is 3.74. The highest BCUT2D eigenvalue weighted by Gasteiger charge is 2.26. The minimum atomic E-state index is -0.876. The number of phenols is 1. The Morgan fingerprint density at radius 1 is 1.39 bits per heavy atom. The van der Waals surface area contributed by atoms with E-state index >= 15 is 0 Å². The third-order valence-electron chi connectivity index (χ3n) is 2.99. The molecule has 18 heavy (non-hydrogen) atoms. The van der Waals surface area contributed by atoms with Crippen LogP contribution in [0.3, 0.4) is 0 Å². The first-order valence-electron chi connectivity index (χ1n) is 6.35. The number of hydrogen-bond donors (Lipinski definition) is 2. The molecule has 0 spiro atoms. The lowest BCUT2D eigenvalue weighted by Crippen LogP contribution is -2.34. The molecular weight excluding hydrogens is 230 g/mol. The molecule has 0 fully saturated rings. The molecule has 0 saturated heterocycles. The number of carbonyl (C=O) groups is 1. The fourth-order valence-electron chi connectivity index (χ4n) is 2.04. The maximum atomic E-state index is 11.5. The van der Waals surface area contributed by atoms with Gasteiger partial charge in [0.2, 0.25) is 0 Å². The second kappa shape index (κ2) is 7.01. The highest BCUT2D eigenvalue weighted by molar-refractivity contribution is 5.75. The summed E-state index contributed by atoms with van der Waals surface area (Å²) in [7, 11) is 0. The van der Waals surface area contributed by atoms with Crippen LogP contribution in [0, 0.1) is 0 Å². The van der Waals surface area contributed by atoms with Gasteiger partial charge in [-0.25, -0.2) is 0 Å². The molecule has 1 aromatic carbocycles. The van der Waals surface area contributed by atoms with E-state index in [1.54, 1.807) is 18.2 Å². The number of aliphatic carboxylic acids is 1. The van der Waals surface area contributed by atoms with E-state index in [1.807, 2.05) is 11.8 Å². The number of carboxylic acids is 1. The molecule has 0 aliphatic rings. The summed E-state index contributed by atoms with van der Waals surface area (Å²) in [6, 6.07) is 5.80. The van der Waals surface area contributed by atoms with Crippen molar-refractivity contribution in [3.05, 3.63) is 29.8 Å². The van der Waals surface area contributed by atoms with Gasteiger partial charge in [-0.2, -0.15) is 0 Å². The van der Waals surface area contributed by atoms with Crippen LogP contribution in [0.25, 0.3) is 0 Å². The Morgan fingerprint density at radius 3 is 2.61 bits per heavy atom. The average molecular weight is 251 g/mol. The standard InChI is InChI=1S/C14H21NO3/c1-3-5-9-15(4-2)13(14(17)18)11-7-6-8-12(16)10-11/h6-8,10,13,16H,3-5,9H2,1-2H3,(H,17,18). The number of nitrogens with zero attached hydrogens (tertiary/aromatic N) is 1. The van der Waals surface area contributed by atoms with Crippen molar-refractivity contribution < 1.29 is 15.0 Å². The van der Waals surface area contributed by atoms with E-state index in [-0.39, 0.29) is 5.75 Å². The number of likely N-dealkylation sites (N-methyl/N-ethyl adjacent to an activating group) is 1. The maximum Gasteiger partial charge on any atom is 0.325 e. The molecule has 4 nitrogen and oxygen atoms in total. The van der Waals surface area contributed by atoms with Gasteiger partial charge < -0.3 is 10.2 Å². The predicted octanol–water partition coefficient (Wildman–Crippen LogP) is 2.64. The molecule has 0 saturated carbocycles. The molecule has 1 atom stereocenters. The lowest BCUT2D eigenvalue weighted by Gasteiger charge is -2.27. The quantitative estimate of drug-likeness (QED) is 0.782. The maximum absolute atomic E-state index is 11.5. The minimum absolute atomic E-state index is 0.102. The first-order valence-corrected chi connectivity index (χ1v) is 6.35. The number of rotatable bonds is 7. The molecule has 0 radical (unpaired) electrons. The van der Waals surface area contributed by atoms with Crippen molar-refractivity contribution in [1.82, 2.24) is 4.90 Å². The molecule has 0 aliphatic carbocycles. The summed E-state index contributed by atoms with van der Waals surface area (Å²) in [6.45, 7) is 5.46. The zero-order valence-corrected chi connectivity index (χ0v) is 11.0. The van der Waals surface area contributed by atoms with E-state index in [0.717, 1.165) is 19.4 Å². The predicted molar refractivity (Wildman–Crippen MR) is 70.6 cm³/mol. The molecule has 1 aromatic rings. The fraction of sp³-hybridized carbons (Fsp3) is 0.500. The lowest BCUT2D eigenvalue weighted by atomic mass is 10.0. The van der Waals surface area contributed by atoms with Crippen molar-refractivity contribution in [3.8, 4) is 5.75 Å². The summed E-state index contributed by atoms with van der Waals surface area (Å²) in [4.78, 5) is 13.4. The van der Waals surface area contributed by atoms with Crippen LogP contribution in [0.5, 0.6) is 5.75 Å². The Morgan fingerprint density at radius 2 is 2.11 bits per heavy atom. The van der Waals surface area contributed by atoms with Gasteiger partial charge in [-0.05, 0) is 37.2 Å². The third-order valence-corrected chi connectivity index (χ3v) is 2.99. The second-order valence-electron chi connectivity index (χ2n) is 4.32. The van der Waals surface area contributed by atoms with Crippen LogP contribution in [0.2, 0.25) is 0 Å². The van der Waals surface area contributed by atoms with Crippen LogP contribution < -0.4 is 0 Å². The minimum Gasteiger partial charge on any atom is -0.508 e. The number of hydrogen-bond acceptors (Lipinski definition) is 3. The molecule has 2 N–H and O–H groups in total. The molecule has 100 valence electrons. The number of unbranched alkanes of at least 4 members (excludes halogenated alkanes) is 1. The van der Waals surface area contributed by atoms with Gasteiger partial charge in [-0.3, -0.25) is 9.69 Å². The highest BCUT2D eigenvalue weighted by Crippen LogP contribution is 2.24. The van der Waals surface area contributed by atoms with Crippen molar-refractivity contribution in [1.29, 1.82) is 0 Å². The molecule has 0 aliphatic heterocycles. The van der Waals surface area contributed by atoms with Crippen LogP contribution in [0.15, 0.2) is 24.3 Å². The van der Waals surface area contributed by atoms with Gasteiger partial charge in [0.25, 0.3) is 0 Å². The van der Waals surface area contributed by atoms with E-state index in [2.05, 4.69) is 6.92 Å². The Bertz CT molecular complexity index is 392. The summed E-state index contributed by atoms with van der Waals surface area (Å²) >= 11 is 0. The molecular formula is C14H21NO3. The number of benzene rings is 1. The van der Waals surface area contributed by atoms with Crippen molar-refractivity contribution in [3.63, 3.8) is 0 Å². The van der Waals surface area contributed by atoms with Crippen LogP contribution in [0.4, 0.5) is 0 Å². The Kier molecular flexibility index (Phi) is 5.65. The van der Waals surface area contributed by atoms with E-state index in [1.165, 1.54) is 6.07 Å². The van der Waals surface area contributed by atoms with E-state index in [4.69, 9.17) is 0 Å².